The Morgan fingerprint density at radius 3 is 2.58 bits per heavy atom. The second kappa shape index (κ2) is 3.91. The van der Waals surface area contributed by atoms with E-state index in [9.17, 15) is 4.79 Å². The molecule has 0 N–H and O–H groups in total. The number of ether oxygens (including phenoxy) is 1. The third kappa shape index (κ3) is 2.22. The Bertz CT molecular complexity index is 153. The predicted molar refractivity (Wildman–Crippen MR) is 43.7 cm³/mol. The van der Waals surface area contributed by atoms with Gasteiger partial charge in [-0.15, -0.1) is 0 Å². The third-order valence-electron chi connectivity index (χ3n) is 1.82. The molecule has 1 saturated heterocycles. The summed E-state index contributed by atoms with van der Waals surface area (Å²) >= 11 is 0. The molecule has 0 atom stereocenters. The van der Waals surface area contributed by atoms with E-state index in [0.29, 0.717) is 19.7 Å². The van der Waals surface area contributed by atoms with Gasteiger partial charge in [-0.05, 0) is 13.2 Å². The lowest BCUT2D eigenvalue weighted by atomic mass is 9.83. The Balaban J connectivity index is 2.38. The molecule has 0 aromatic carbocycles. The first-order valence-corrected chi connectivity index (χ1v) is 4.05. The molecular formula is C7H13BO4. The molecule has 68 valence electrons. The van der Waals surface area contributed by atoms with E-state index in [1.165, 1.54) is 0 Å². The first-order chi connectivity index (χ1) is 5.70. The monoisotopic (exact) mass is 172 g/mol. The van der Waals surface area contributed by atoms with Crippen LogP contribution < -0.4 is 0 Å². The van der Waals surface area contributed by atoms with E-state index in [0.717, 1.165) is 6.32 Å². The molecule has 0 amide bonds. The van der Waals surface area contributed by atoms with Crippen LogP contribution in [0.15, 0.2) is 0 Å². The van der Waals surface area contributed by atoms with Gasteiger partial charge in [-0.3, -0.25) is 4.79 Å². The molecule has 0 radical (unpaired) electrons. The molecule has 0 saturated carbocycles. The first-order valence-electron chi connectivity index (χ1n) is 4.05. The summed E-state index contributed by atoms with van der Waals surface area (Å²) in [5, 5.41) is 0. The minimum atomic E-state index is -0.604. The smallest absolute Gasteiger partial charge is 0.456 e. The standard InChI is InChI=1S/C7H13BO4/c1-3-8-11-4-7(2,5-12-8)10-6-9/h6H,3-5H2,1-2H3. The number of hydrogen-bond donors (Lipinski definition) is 0. The van der Waals surface area contributed by atoms with Gasteiger partial charge in [0.2, 0.25) is 0 Å². The molecule has 0 unspecified atom stereocenters. The van der Waals surface area contributed by atoms with Crippen LogP contribution >= 0.6 is 0 Å². The molecule has 1 heterocycles. The van der Waals surface area contributed by atoms with Gasteiger partial charge in [0.15, 0.2) is 5.60 Å². The molecule has 1 aliphatic rings. The van der Waals surface area contributed by atoms with Crippen LogP contribution in [0.25, 0.3) is 0 Å². The molecule has 1 rings (SSSR count). The second-order valence-corrected chi connectivity index (χ2v) is 3.12. The van der Waals surface area contributed by atoms with E-state index in [2.05, 4.69) is 0 Å². The second-order valence-electron chi connectivity index (χ2n) is 3.12. The average molecular weight is 172 g/mol. The highest BCUT2D eigenvalue weighted by molar-refractivity contribution is 6.44. The molecule has 0 aromatic heterocycles. The number of hydrogen-bond acceptors (Lipinski definition) is 4. The topological polar surface area (TPSA) is 44.8 Å². The van der Waals surface area contributed by atoms with Crippen LogP contribution in [0.1, 0.15) is 13.8 Å². The van der Waals surface area contributed by atoms with E-state index >= 15 is 0 Å². The van der Waals surface area contributed by atoms with Crippen molar-refractivity contribution in [2.24, 2.45) is 0 Å². The van der Waals surface area contributed by atoms with Crippen LogP contribution in [0, 0.1) is 0 Å². The summed E-state index contributed by atoms with van der Waals surface area (Å²) in [6.45, 7) is 5.01. The van der Waals surface area contributed by atoms with Gasteiger partial charge in [0.05, 0.1) is 13.2 Å². The van der Waals surface area contributed by atoms with Crippen molar-refractivity contribution < 1.29 is 18.8 Å². The SMILES string of the molecule is CCB1OCC(C)(OC=O)CO1. The van der Waals surface area contributed by atoms with Crippen molar-refractivity contribution in [3.63, 3.8) is 0 Å². The van der Waals surface area contributed by atoms with Crippen LogP contribution in [-0.2, 0) is 18.8 Å². The Labute approximate surface area is 72.3 Å². The zero-order valence-electron chi connectivity index (χ0n) is 7.41. The fraction of sp³-hybridized carbons (Fsp3) is 0.857. The van der Waals surface area contributed by atoms with E-state index in [4.69, 9.17) is 14.0 Å². The summed E-state index contributed by atoms with van der Waals surface area (Å²) in [6, 6.07) is 0. The highest BCUT2D eigenvalue weighted by Crippen LogP contribution is 2.18. The molecule has 4 nitrogen and oxygen atoms in total. The molecule has 1 fully saturated rings. The summed E-state index contributed by atoms with van der Waals surface area (Å²) < 4.78 is 15.4. The molecule has 0 aliphatic carbocycles. The Morgan fingerprint density at radius 2 is 2.17 bits per heavy atom. The minimum absolute atomic E-state index is 0.145. The maximum Gasteiger partial charge on any atom is 0.456 e. The summed E-state index contributed by atoms with van der Waals surface area (Å²) in [5.41, 5.74) is -0.604. The molecular weight excluding hydrogens is 159 g/mol. The van der Waals surface area contributed by atoms with Crippen LogP contribution in [0.2, 0.25) is 6.32 Å². The van der Waals surface area contributed by atoms with Crippen molar-refractivity contribution in [2.45, 2.75) is 25.8 Å². The molecule has 12 heavy (non-hydrogen) atoms. The van der Waals surface area contributed by atoms with E-state index in [1.807, 2.05) is 6.92 Å². The van der Waals surface area contributed by atoms with Gasteiger partial charge in [-0.2, -0.15) is 0 Å². The van der Waals surface area contributed by atoms with Gasteiger partial charge < -0.3 is 14.0 Å². The summed E-state index contributed by atoms with van der Waals surface area (Å²) in [7, 11) is -0.145. The molecule has 0 spiro atoms. The zero-order chi connectivity index (χ0) is 9.03. The van der Waals surface area contributed by atoms with Crippen LogP contribution in [0.4, 0.5) is 0 Å². The van der Waals surface area contributed by atoms with Gasteiger partial charge in [-0.25, -0.2) is 0 Å². The lowest BCUT2D eigenvalue weighted by Crippen LogP contribution is -2.48. The van der Waals surface area contributed by atoms with E-state index < -0.39 is 5.60 Å². The van der Waals surface area contributed by atoms with Gasteiger partial charge in [0, 0.05) is 0 Å². The summed E-state index contributed by atoms with van der Waals surface area (Å²) in [4.78, 5) is 10.1. The van der Waals surface area contributed by atoms with Crippen molar-refractivity contribution >= 4 is 13.6 Å². The Hall–Kier alpha value is -0.545. The molecule has 0 bridgehead atoms. The average Bonchev–Trinajstić information content (AvgIpc) is 2.06. The largest absolute Gasteiger partial charge is 0.457 e. The first kappa shape index (κ1) is 9.54. The molecule has 1 aliphatic heterocycles. The highest BCUT2D eigenvalue weighted by atomic mass is 16.6. The van der Waals surface area contributed by atoms with Crippen molar-refractivity contribution in [1.29, 1.82) is 0 Å². The fourth-order valence-electron chi connectivity index (χ4n) is 1.05. The third-order valence-corrected chi connectivity index (χ3v) is 1.82. The van der Waals surface area contributed by atoms with Crippen molar-refractivity contribution in [1.82, 2.24) is 0 Å². The van der Waals surface area contributed by atoms with Crippen molar-refractivity contribution in [3.05, 3.63) is 0 Å². The normalized spacial score (nSPS) is 22.0. The highest BCUT2D eigenvalue weighted by Gasteiger charge is 2.35. The Kier molecular flexibility index (Phi) is 3.11. The number of carbonyl (C=O) groups is 1. The van der Waals surface area contributed by atoms with Crippen molar-refractivity contribution in [3.8, 4) is 0 Å². The molecule has 0 aromatic rings. The Morgan fingerprint density at radius 1 is 1.58 bits per heavy atom. The quantitative estimate of drug-likeness (QED) is 0.458. The van der Waals surface area contributed by atoms with Gasteiger partial charge in [0.25, 0.3) is 6.47 Å². The molecule has 5 heteroatoms. The lowest BCUT2D eigenvalue weighted by molar-refractivity contribution is -0.155. The van der Waals surface area contributed by atoms with Crippen LogP contribution in [-0.4, -0.2) is 32.4 Å². The fourth-order valence-corrected chi connectivity index (χ4v) is 1.05. The minimum Gasteiger partial charge on any atom is -0.457 e. The summed E-state index contributed by atoms with van der Waals surface area (Å²) in [5.74, 6) is 0. The van der Waals surface area contributed by atoms with Crippen LogP contribution in [0.3, 0.4) is 0 Å². The number of rotatable bonds is 3. The lowest BCUT2D eigenvalue weighted by Gasteiger charge is -2.34. The van der Waals surface area contributed by atoms with Gasteiger partial charge in [0.1, 0.15) is 0 Å². The maximum atomic E-state index is 10.1. The van der Waals surface area contributed by atoms with Crippen LogP contribution in [0.5, 0.6) is 0 Å². The van der Waals surface area contributed by atoms with Crippen molar-refractivity contribution in [2.75, 3.05) is 13.2 Å². The van der Waals surface area contributed by atoms with E-state index in [1.54, 1.807) is 6.92 Å². The van der Waals surface area contributed by atoms with Gasteiger partial charge >= 0.3 is 7.12 Å². The van der Waals surface area contributed by atoms with Gasteiger partial charge in [-0.1, -0.05) is 6.92 Å². The summed E-state index contributed by atoms with van der Waals surface area (Å²) in [6.07, 6.45) is 0.817. The van der Waals surface area contributed by atoms with E-state index in [-0.39, 0.29) is 7.12 Å². The zero-order valence-corrected chi connectivity index (χ0v) is 7.41. The number of carbonyl (C=O) groups excluding carboxylic acids is 1. The predicted octanol–water partition coefficient (Wildman–Crippen LogP) is 0.473. The maximum absolute atomic E-state index is 10.1.